The van der Waals surface area contributed by atoms with Gasteiger partial charge in [0.2, 0.25) is 11.8 Å². The molecule has 2 amide bonds. The number of benzene rings is 2. The predicted octanol–water partition coefficient (Wildman–Crippen LogP) is 3.35. The Hall–Kier alpha value is -2.47. The molecule has 0 heterocycles. The first-order valence-corrected chi connectivity index (χ1v) is 8.03. The molecule has 120 valence electrons. The van der Waals surface area contributed by atoms with E-state index >= 15 is 0 Å². The first-order chi connectivity index (χ1) is 10.9. The molecular weight excluding hydrogens is 310 g/mol. The number of hydrogen-bond donors (Lipinski definition) is 3. The number of carbonyl (C=O) groups excluding carboxylic acids is 2. The van der Waals surface area contributed by atoms with Crippen LogP contribution < -0.4 is 16.4 Å². The summed E-state index contributed by atoms with van der Waals surface area (Å²) < 4.78 is 0. The minimum absolute atomic E-state index is 0.0929. The third-order valence-corrected chi connectivity index (χ3v) is 4.11. The number of carbonyl (C=O) groups is 2. The van der Waals surface area contributed by atoms with E-state index in [4.69, 9.17) is 5.73 Å². The number of thioether (sulfide) groups is 1. The van der Waals surface area contributed by atoms with Crippen molar-refractivity contribution in [3.05, 3.63) is 48.5 Å². The fraction of sp³-hybridized carbons (Fsp3) is 0.176. The van der Waals surface area contributed by atoms with Crippen LogP contribution in [0.3, 0.4) is 0 Å². The Bertz CT molecular complexity index is 701. The maximum absolute atomic E-state index is 12.2. The molecule has 0 aliphatic heterocycles. The Labute approximate surface area is 139 Å². The van der Waals surface area contributed by atoms with E-state index < -0.39 is 0 Å². The fourth-order valence-electron chi connectivity index (χ4n) is 1.93. The zero-order chi connectivity index (χ0) is 16.8. The number of rotatable bonds is 5. The van der Waals surface area contributed by atoms with Crippen molar-refractivity contribution in [2.45, 2.75) is 24.0 Å². The first-order valence-electron chi connectivity index (χ1n) is 7.15. The second-order valence-corrected chi connectivity index (χ2v) is 6.49. The van der Waals surface area contributed by atoms with Crippen LogP contribution in [0.4, 0.5) is 17.1 Å². The SMILES string of the molecule is CC(=O)Nc1ccc(NC(=O)C(C)Sc2cccc(N)c2)cc1. The minimum atomic E-state index is -0.258. The van der Waals surface area contributed by atoms with Gasteiger partial charge in [-0.25, -0.2) is 0 Å². The van der Waals surface area contributed by atoms with Crippen molar-refractivity contribution in [1.29, 1.82) is 0 Å². The topological polar surface area (TPSA) is 84.2 Å². The van der Waals surface area contributed by atoms with E-state index in [0.29, 0.717) is 17.1 Å². The molecule has 4 N–H and O–H groups in total. The van der Waals surface area contributed by atoms with Gasteiger partial charge < -0.3 is 16.4 Å². The Kier molecular flexibility index (Phi) is 5.65. The van der Waals surface area contributed by atoms with E-state index in [2.05, 4.69) is 10.6 Å². The van der Waals surface area contributed by atoms with Crippen molar-refractivity contribution < 1.29 is 9.59 Å². The summed E-state index contributed by atoms with van der Waals surface area (Å²) >= 11 is 1.45. The molecule has 0 aliphatic rings. The summed E-state index contributed by atoms with van der Waals surface area (Å²) in [6.45, 7) is 3.29. The lowest BCUT2D eigenvalue weighted by atomic mass is 10.2. The van der Waals surface area contributed by atoms with Crippen LogP contribution in [0.15, 0.2) is 53.4 Å². The van der Waals surface area contributed by atoms with Crippen molar-refractivity contribution in [2.75, 3.05) is 16.4 Å². The summed E-state index contributed by atoms with van der Waals surface area (Å²) in [7, 11) is 0. The minimum Gasteiger partial charge on any atom is -0.399 e. The average molecular weight is 329 g/mol. The molecule has 0 saturated heterocycles. The predicted molar refractivity (Wildman–Crippen MR) is 95.5 cm³/mol. The Morgan fingerprint density at radius 1 is 1.04 bits per heavy atom. The second-order valence-electron chi connectivity index (χ2n) is 5.08. The summed E-state index contributed by atoms with van der Waals surface area (Å²) in [5.41, 5.74) is 7.79. The third kappa shape index (κ3) is 5.34. The molecule has 0 fully saturated rings. The summed E-state index contributed by atoms with van der Waals surface area (Å²) in [6.07, 6.45) is 0. The van der Waals surface area contributed by atoms with E-state index in [-0.39, 0.29) is 17.1 Å². The lowest BCUT2D eigenvalue weighted by Crippen LogP contribution is -2.22. The molecule has 5 nitrogen and oxygen atoms in total. The van der Waals surface area contributed by atoms with Crippen LogP contribution >= 0.6 is 11.8 Å². The summed E-state index contributed by atoms with van der Waals surface area (Å²) in [4.78, 5) is 24.2. The van der Waals surface area contributed by atoms with Crippen molar-refractivity contribution in [3.8, 4) is 0 Å². The molecular formula is C17H19N3O2S. The standard InChI is InChI=1S/C17H19N3O2S/c1-11(23-16-5-3-4-13(18)10-16)17(22)20-15-8-6-14(7-9-15)19-12(2)21/h3-11H,18H2,1-2H3,(H,19,21)(H,20,22). The quantitative estimate of drug-likeness (QED) is 0.580. The Morgan fingerprint density at radius 2 is 1.65 bits per heavy atom. The van der Waals surface area contributed by atoms with Crippen LogP contribution in [-0.2, 0) is 9.59 Å². The van der Waals surface area contributed by atoms with Crippen molar-refractivity contribution in [3.63, 3.8) is 0 Å². The smallest absolute Gasteiger partial charge is 0.237 e. The number of nitrogen functional groups attached to an aromatic ring is 1. The third-order valence-electron chi connectivity index (χ3n) is 3.01. The maximum Gasteiger partial charge on any atom is 0.237 e. The molecule has 2 rings (SSSR count). The lowest BCUT2D eigenvalue weighted by molar-refractivity contribution is -0.115. The van der Waals surface area contributed by atoms with E-state index in [1.165, 1.54) is 18.7 Å². The first kappa shape index (κ1) is 16.9. The van der Waals surface area contributed by atoms with Gasteiger partial charge in [0.25, 0.3) is 0 Å². The van der Waals surface area contributed by atoms with Gasteiger partial charge >= 0.3 is 0 Å². The molecule has 6 heteroatoms. The molecule has 0 aliphatic carbocycles. The van der Waals surface area contributed by atoms with Gasteiger partial charge in [-0.15, -0.1) is 11.8 Å². The molecule has 0 spiro atoms. The summed E-state index contributed by atoms with van der Waals surface area (Å²) in [5, 5.41) is 5.27. The average Bonchev–Trinajstić information content (AvgIpc) is 2.48. The zero-order valence-electron chi connectivity index (χ0n) is 13.0. The molecule has 23 heavy (non-hydrogen) atoms. The number of anilines is 3. The van der Waals surface area contributed by atoms with Crippen molar-refractivity contribution >= 4 is 40.6 Å². The molecule has 0 bridgehead atoms. The van der Waals surface area contributed by atoms with Gasteiger partial charge in [-0.3, -0.25) is 9.59 Å². The highest BCUT2D eigenvalue weighted by Crippen LogP contribution is 2.25. The number of nitrogens with two attached hydrogens (primary N) is 1. The highest BCUT2D eigenvalue weighted by atomic mass is 32.2. The van der Waals surface area contributed by atoms with Crippen molar-refractivity contribution in [1.82, 2.24) is 0 Å². The molecule has 2 aromatic rings. The van der Waals surface area contributed by atoms with Crippen LogP contribution in [0.25, 0.3) is 0 Å². The molecule has 1 unspecified atom stereocenters. The van der Waals surface area contributed by atoms with Crippen LogP contribution in [0, 0.1) is 0 Å². The van der Waals surface area contributed by atoms with Crippen molar-refractivity contribution in [2.24, 2.45) is 0 Å². The van der Waals surface area contributed by atoms with E-state index in [0.717, 1.165) is 4.90 Å². The highest BCUT2D eigenvalue weighted by molar-refractivity contribution is 8.00. The van der Waals surface area contributed by atoms with Gasteiger partial charge in [0, 0.05) is 28.9 Å². The van der Waals surface area contributed by atoms with Crippen LogP contribution in [-0.4, -0.2) is 17.1 Å². The number of amides is 2. The molecule has 0 aromatic heterocycles. The van der Waals surface area contributed by atoms with Crippen LogP contribution in [0.5, 0.6) is 0 Å². The summed E-state index contributed by atoms with van der Waals surface area (Å²) in [6, 6.07) is 14.4. The lowest BCUT2D eigenvalue weighted by Gasteiger charge is -2.12. The highest BCUT2D eigenvalue weighted by Gasteiger charge is 2.14. The molecule has 0 saturated carbocycles. The summed E-state index contributed by atoms with van der Waals surface area (Å²) in [5.74, 6) is -0.223. The Balaban J connectivity index is 1.94. The Morgan fingerprint density at radius 3 is 2.22 bits per heavy atom. The molecule has 0 radical (unpaired) electrons. The van der Waals surface area contributed by atoms with Gasteiger partial charge in [0.1, 0.15) is 0 Å². The monoisotopic (exact) mass is 329 g/mol. The van der Waals surface area contributed by atoms with Gasteiger partial charge in [-0.2, -0.15) is 0 Å². The van der Waals surface area contributed by atoms with E-state index in [1.54, 1.807) is 24.3 Å². The number of hydrogen-bond acceptors (Lipinski definition) is 4. The van der Waals surface area contributed by atoms with E-state index in [9.17, 15) is 9.59 Å². The van der Waals surface area contributed by atoms with Gasteiger partial charge in [-0.1, -0.05) is 6.07 Å². The molecule has 1 atom stereocenters. The van der Waals surface area contributed by atoms with Gasteiger partial charge in [-0.05, 0) is 49.4 Å². The maximum atomic E-state index is 12.2. The van der Waals surface area contributed by atoms with Gasteiger partial charge in [0.05, 0.1) is 5.25 Å². The van der Waals surface area contributed by atoms with Crippen LogP contribution in [0.1, 0.15) is 13.8 Å². The van der Waals surface area contributed by atoms with E-state index in [1.807, 2.05) is 31.2 Å². The van der Waals surface area contributed by atoms with Crippen LogP contribution in [0.2, 0.25) is 0 Å². The largest absolute Gasteiger partial charge is 0.399 e. The molecule has 2 aromatic carbocycles. The zero-order valence-corrected chi connectivity index (χ0v) is 13.8. The number of nitrogens with one attached hydrogen (secondary N) is 2. The van der Waals surface area contributed by atoms with Gasteiger partial charge in [0.15, 0.2) is 0 Å². The normalized spacial score (nSPS) is 11.6. The second kappa shape index (κ2) is 7.69. The fourth-order valence-corrected chi connectivity index (χ4v) is 2.87.